The number of rotatable bonds is 23. The second kappa shape index (κ2) is 21.1. The Bertz CT molecular complexity index is 1030. The molecule has 250 valence electrons. The van der Waals surface area contributed by atoms with Crippen LogP contribution >= 0.6 is 11.8 Å². The first kappa shape index (κ1) is 37.5. The number of unbranched alkanes of at least 4 members (excludes halogenated alkanes) is 1. The van der Waals surface area contributed by atoms with E-state index in [1.165, 1.54) is 0 Å². The monoisotopic (exact) mass is 653 g/mol. The number of nitrogen functional groups attached to an aromatic ring is 1. The summed E-state index contributed by atoms with van der Waals surface area (Å²) in [7, 11) is 1.90. The molecular formula is C28H43F4N5O6S. The first-order chi connectivity index (χ1) is 21.2. The molecule has 3 amide bonds. The maximum absolute atomic E-state index is 13.8. The van der Waals surface area contributed by atoms with Crippen LogP contribution in [0.25, 0.3) is 0 Å². The minimum Gasteiger partial charge on any atom is -0.394 e. The topological polar surface area (TPSA) is 153 Å². The van der Waals surface area contributed by atoms with Gasteiger partial charge in [-0.1, -0.05) is 6.42 Å². The predicted octanol–water partition coefficient (Wildman–Crippen LogP) is 1.88. The van der Waals surface area contributed by atoms with Crippen molar-refractivity contribution < 1.29 is 46.2 Å². The van der Waals surface area contributed by atoms with Crippen LogP contribution < -0.4 is 27.0 Å². The van der Waals surface area contributed by atoms with Gasteiger partial charge in [0, 0.05) is 49.8 Å². The fourth-order valence-corrected chi connectivity index (χ4v) is 6.13. The number of nitrogens with one attached hydrogen (secondary N) is 4. The summed E-state index contributed by atoms with van der Waals surface area (Å²) in [5.74, 6) is -7.68. The first-order valence-corrected chi connectivity index (χ1v) is 15.7. The summed E-state index contributed by atoms with van der Waals surface area (Å²) in [5, 5.41) is 11.6. The maximum atomic E-state index is 13.8. The molecule has 2 rings (SSSR count). The van der Waals surface area contributed by atoms with Gasteiger partial charge in [0.2, 0.25) is 12.3 Å². The lowest BCUT2D eigenvalue weighted by Gasteiger charge is -2.22. The SMILES string of the molecule is CNC1CSC(CCCCC(=O)NCCCOCCOCCOCCCNC(=O)c2c(F)c(F)c(N)c(F)c2F)C1NC=O. The summed E-state index contributed by atoms with van der Waals surface area (Å²) in [4.78, 5) is 34.8. The number of ether oxygens (including phenoxy) is 3. The molecule has 0 bridgehead atoms. The summed E-state index contributed by atoms with van der Waals surface area (Å²) in [5.41, 5.74) is 2.22. The van der Waals surface area contributed by atoms with Crippen LogP contribution in [0.3, 0.4) is 0 Å². The van der Waals surface area contributed by atoms with Gasteiger partial charge in [0.1, 0.15) is 11.3 Å². The molecule has 1 fully saturated rings. The van der Waals surface area contributed by atoms with Crippen molar-refractivity contribution in [2.45, 2.75) is 55.9 Å². The molecule has 1 aliphatic heterocycles. The summed E-state index contributed by atoms with van der Waals surface area (Å²) < 4.78 is 70.8. The van der Waals surface area contributed by atoms with Crippen molar-refractivity contribution in [2.75, 3.05) is 71.3 Å². The molecule has 44 heavy (non-hydrogen) atoms. The van der Waals surface area contributed by atoms with Crippen LogP contribution in [0.4, 0.5) is 23.2 Å². The van der Waals surface area contributed by atoms with Gasteiger partial charge < -0.3 is 41.2 Å². The number of carbonyl (C=O) groups is 3. The van der Waals surface area contributed by atoms with E-state index in [9.17, 15) is 31.9 Å². The van der Waals surface area contributed by atoms with Gasteiger partial charge in [-0.25, -0.2) is 17.6 Å². The Labute approximate surface area is 259 Å². The minimum atomic E-state index is -1.85. The fraction of sp³-hybridized carbons (Fsp3) is 0.679. The van der Waals surface area contributed by atoms with E-state index in [4.69, 9.17) is 19.9 Å². The molecule has 1 aromatic carbocycles. The molecule has 0 aromatic heterocycles. The summed E-state index contributed by atoms with van der Waals surface area (Å²) in [6.07, 6.45) is 4.86. The third-order valence-electron chi connectivity index (χ3n) is 6.90. The number of nitrogens with two attached hydrogens (primary N) is 1. The highest BCUT2D eigenvalue weighted by molar-refractivity contribution is 8.00. The van der Waals surface area contributed by atoms with Gasteiger partial charge >= 0.3 is 0 Å². The summed E-state index contributed by atoms with van der Waals surface area (Å²) in [6, 6.07) is 0.385. The standard InChI is InChI=1S/C28H43F4N5O6S/c1-34-18-16-44-19(27(18)37-17-38)6-2-3-7-20(39)35-8-4-10-41-12-14-43-15-13-42-11-5-9-36-28(40)21-22(29)24(31)26(33)25(32)23(21)30/h17-19,27,34H,2-16,33H2,1H3,(H,35,39)(H,36,40)(H,37,38). The number of anilines is 1. The van der Waals surface area contributed by atoms with E-state index in [1.54, 1.807) is 0 Å². The lowest BCUT2D eigenvalue weighted by atomic mass is 10.0. The molecule has 0 radical (unpaired) electrons. The van der Waals surface area contributed by atoms with Crippen molar-refractivity contribution in [3.05, 3.63) is 28.8 Å². The van der Waals surface area contributed by atoms with Crippen LogP contribution in [-0.4, -0.2) is 101 Å². The number of hydrogen-bond donors (Lipinski definition) is 5. The van der Waals surface area contributed by atoms with Gasteiger partial charge in [0.25, 0.3) is 5.91 Å². The molecule has 1 aliphatic rings. The number of likely N-dealkylation sites (N-methyl/N-ethyl adjacent to an activating group) is 1. The summed E-state index contributed by atoms with van der Waals surface area (Å²) >= 11 is 1.85. The van der Waals surface area contributed by atoms with Gasteiger partial charge in [0.15, 0.2) is 23.3 Å². The van der Waals surface area contributed by atoms with Crippen LogP contribution in [-0.2, 0) is 23.8 Å². The molecule has 3 atom stereocenters. The molecule has 1 aromatic rings. The minimum absolute atomic E-state index is 0.0147. The molecule has 6 N–H and O–H groups in total. The van der Waals surface area contributed by atoms with Crippen molar-refractivity contribution in [2.24, 2.45) is 0 Å². The molecular weight excluding hydrogens is 610 g/mol. The largest absolute Gasteiger partial charge is 0.394 e. The number of amides is 3. The molecule has 1 saturated heterocycles. The highest BCUT2D eigenvalue weighted by Crippen LogP contribution is 2.31. The zero-order valence-electron chi connectivity index (χ0n) is 24.9. The highest BCUT2D eigenvalue weighted by Gasteiger charge is 2.35. The Balaban J connectivity index is 1.37. The van der Waals surface area contributed by atoms with E-state index in [-0.39, 0.29) is 44.2 Å². The molecule has 1 heterocycles. The van der Waals surface area contributed by atoms with Crippen molar-refractivity contribution in [3.63, 3.8) is 0 Å². The predicted molar refractivity (Wildman–Crippen MR) is 158 cm³/mol. The third-order valence-corrected chi connectivity index (χ3v) is 8.41. The van der Waals surface area contributed by atoms with E-state index in [1.807, 2.05) is 18.8 Å². The zero-order valence-corrected chi connectivity index (χ0v) is 25.7. The van der Waals surface area contributed by atoms with Gasteiger partial charge in [-0.05, 0) is 32.7 Å². The first-order valence-electron chi connectivity index (χ1n) is 14.6. The van der Waals surface area contributed by atoms with Crippen LogP contribution in [0.15, 0.2) is 0 Å². The van der Waals surface area contributed by atoms with Gasteiger partial charge in [-0.15, -0.1) is 0 Å². The van der Waals surface area contributed by atoms with E-state index in [0.29, 0.717) is 51.1 Å². The average Bonchev–Trinajstić information content (AvgIpc) is 3.40. The number of halogens is 4. The van der Waals surface area contributed by atoms with Gasteiger partial charge in [-0.2, -0.15) is 11.8 Å². The molecule has 3 unspecified atom stereocenters. The third kappa shape index (κ3) is 12.4. The molecule has 0 spiro atoms. The van der Waals surface area contributed by atoms with Crippen molar-refractivity contribution >= 4 is 35.7 Å². The maximum Gasteiger partial charge on any atom is 0.257 e. The Morgan fingerprint density at radius 3 is 2.00 bits per heavy atom. The smallest absolute Gasteiger partial charge is 0.257 e. The number of hydrogen-bond acceptors (Lipinski definition) is 9. The molecule has 11 nitrogen and oxygen atoms in total. The van der Waals surface area contributed by atoms with Crippen LogP contribution in [0.5, 0.6) is 0 Å². The fourth-order valence-electron chi connectivity index (χ4n) is 4.50. The molecule has 0 saturated carbocycles. The number of benzene rings is 1. The Kier molecular flexibility index (Phi) is 18.0. The van der Waals surface area contributed by atoms with E-state index in [2.05, 4.69) is 21.3 Å². The van der Waals surface area contributed by atoms with Gasteiger partial charge in [0.05, 0.1) is 32.5 Å². The van der Waals surface area contributed by atoms with Crippen molar-refractivity contribution in [1.82, 2.24) is 21.3 Å². The quantitative estimate of drug-likeness (QED) is 0.0392. The Morgan fingerprint density at radius 2 is 1.43 bits per heavy atom. The van der Waals surface area contributed by atoms with Crippen LogP contribution in [0.1, 0.15) is 48.9 Å². The molecule has 16 heteroatoms. The second-order valence-electron chi connectivity index (χ2n) is 10.0. The second-order valence-corrected chi connectivity index (χ2v) is 11.3. The van der Waals surface area contributed by atoms with Gasteiger partial charge in [-0.3, -0.25) is 14.4 Å². The average molecular weight is 654 g/mol. The molecule has 0 aliphatic carbocycles. The van der Waals surface area contributed by atoms with E-state index < -0.39 is 40.4 Å². The lowest BCUT2D eigenvalue weighted by molar-refractivity contribution is -0.121. The number of carbonyl (C=O) groups excluding carboxylic acids is 3. The van der Waals surface area contributed by atoms with Crippen molar-refractivity contribution in [1.29, 1.82) is 0 Å². The van der Waals surface area contributed by atoms with Crippen LogP contribution in [0.2, 0.25) is 0 Å². The number of thioether (sulfide) groups is 1. The zero-order chi connectivity index (χ0) is 32.3. The Hall–Kier alpha value is -2.66. The van der Waals surface area contributed by atoms with Crippen LogP contribution in [0, 0.1) is 23.3 Å². The highest BCUT2D eigenvalue weighted by atomic mass is 32.2. The van der Waals surface area contributed by atoms with E-state index in [0.717, 1.165) is 31.4 Å². The summed E-state index contributed by atoms with van der Waals surface area (Å²) in [6.45, 7) is 2.48. The Morgan fingerprint density at radius 1 is 0.864 bits per heavy atom. The van der Waals surface area contributed by atoms with E-state index >= 15 is 0 Å². The lowest BCUT2D eigenvalue weighted by Crippen LogP contribution is -2.48. The normalized spacial score (nSPS) is 17.9. The van der Waals surface area contributed by atoms with Crippen molar-refractivity contribution in [3.8, 4) is 0 Å².